The zero-order chi connectivity index (χ0) is 22.5. The summed E-state index contributed by atoms with van der Waals surface area (Å²) in [6, 6.07) is 5.12. The third-order valence-corrected chi connectivity index (χ3v) is 6.32. The van der Waals surface area contributed by atoms with Gasteiger partial charge in [0.1, 0.15) is 16.5 Å². The molecule has 2 aromatic rings. The molecule has 3 N–H and O–H groups in total. The summed E-state index contributed by atoms with van der Waals surface area (Å²) >= 11 is 1.41. The number of aryl methyl sites for hydroxylation is 1. The Bertz CT molecular complexity index is 1000. The fraction of sp³-hybridized carbons (Fsp3) is 0.409. The van der Waals surface area contributed by atoms with Crippen LogP contribution in [0.25, 0.3) is 0 Å². The van der Waals surface area contributed by atoms with Crippen molar-refractivity contribution in [3.8, 4) is 11.5 Å². The predicted octanol–water partition coefficient (Wildman–Crippen LogP) is 3.95. The van der Waals surface area contributed by atoms with Gasteiger partial charge in [-0.25, -0.2) is 0 Å². The second-order valence-corrected chi connectivity index (χ2v) is 8.64. The molecular formula is C22H26N2O6S. The lowest BCUT2D eigenvalue weighted by Crippen LogP contribution is -2.20. The minimum absolute atomic E-state index is 0.0691. The van der Waals surface area contributed by atoms with Crippen molar-refractivity contribution in [2.45, 2.75) is 39.0 Å². The number of hydrogen-bond acceptors (Lipinski definition) is 6. The Morgan fingerprint density at radius 3 is 2.58 bits per heavy atom. The van der Waals surface area contributed by atoms with E-state index >= 15 is 0 Å². The Hall–Kier alpha value is -3.07. The number of fused-ring (bicyclic) bond motifs is 1. The van der Waals surface area contributed by atoms with Gasteiger partial charge in [-0.3, -0.25) is 14.4 Å². The first-order valence-electron chi connectivity index (χ1n) is 10.0. The van der Waals surface area contributed by atoms with Crippen molar-refractivity contribution in [1.29, 1.82) is 0 Å². The number of anilines is 2. The standard InChI is InChI=1S/C22H26N2O6S/c1-12(10-19(26)27)9-18(25)24-22-20(14-5-4-6-17(14)31-22)21(28)23-15-11-13(29-2)7-8-16(15)30-3/h7-8,11-12H,4-6,9-10H2,1-3H3,(H,23,28)(H,24,25)(H,26,27)/t12-/m1/s1. The van der Waals surface area contributed by atoms with E-state index in [1.165, 1.54) is 25.6 Å². The summed E-state index contributed by atoms with van der Waals surface area (Å²) in [5.74, 6) is -0.812. The minimum Gasteiger partial charge on any atom is -0.497 e. The van der Waals surface area contributed by atoms with E-state index in [0.29, 0.717) is 27.8 Å². The van der Waals surface area contributed by atoms with Crippen molar-refractivity contribution in [2.24, 2.45) is 5.92 Å². The van der Waals surface area contributed by atoms with E-state index in [1.54, 1.807) is 25.1 Å². The molecule has 1 aromatic carbocycles. The number of rotatable bonds is 9. The maximum absolute atomic E-state index is 13.2. The van der Waals surface area contributed by atoms with Gasteiger partial charge in [-0.2, -0.15) is 0 Å². The Morgan fingerprint density at radius 2 is 1.90 bits per heavy atom. The Kier molecular flexibility index (Phi) is 7.17. The average molecular weight is 447 g/mol. The Balaban J connectivity index is 1.83. The summed E-state index contributed by atoms with van der Waals surface area (Å²) in [7, 11) is 3.06. The molecule has 0 unspecified atom stereocenters. The maximum atomic E-state index is 13.2. The molecule has 1 aliphatic rings. The van der Waals surface area contributed by atoms with Crippen molar-refractivity contribution in [2.75, 3.05) is 24.9 Å². The van der Waals surface area contributed by atoms with Crippen LogP contribution in [0.1, 0.15) is 47.0 Å². The zero-order valence-electron chi connectivity index (χ0n) is 17.7. The molecule has 166 valence electrons. The van der Waals surface area contributed by atoms with E-state index in [9.17, 15) is 14.4 Å². The lowest BCUT2D eigenvalue weighted by atomic mass is 10.0. The first-order valence-corrected chi connectivity index (χ1v) is 10.8. The molecule has 1 aromatic heterocycles. The number of aliphatic carboxylic acids is 1. The van der Waals surface area contributed by atoms with E-state index < -0.39 is 5.97 Å². The van der Waals surface area contributed by atoms with Crippen LogP contribution in [0.3, 0.4) is 0 Å². The maximum Gasteiger partial charge on any atom is 0.303 e. The van der Waals surface area contributed by atoms with Crippen LogP contribution in [0.5, 0.6) is 11.5 Å². The van der Waals surface area contributed by atoms with Gasteiger partial charge < -0.3 is 25.2 Å². The van der Waals surface area contributed by atoms with Gasteiger partial charge in [0.15, 0.2) is 0 Å². The first-order chi connectivity index (χ1) is 14.8. The number of carboxylic acid groups (broad SMARTS) is 1. The number of carbonyl (C=O) groups excluding carboxylic acids is 2. The Morgan fingerprint density at radius 1 is 1.13 bits per heavy atom. The highest BCUT2D eigenvalue weighted by Crippen LogP contribution is 2.40. The topological polar surface area (TPSA) is 114 Å². The van der Waals surface area contributed by atoms with E-state index in [4.69, 9.17) is 14.6 Å². The molecule has 1 heterocycles. The molecule has 0 spiro atoms. The zero-order valence-corrected chi connectivity index (χ0v) is 18.6. The van der Waals surface area contributed by atoms with Gasteiger partial charge in [-0.05, 0) is 42.9 Å². The molecule has 0 bridgehead atoms. The number of hydrogen-bond donors (Lipinski definition) is 3. The predicted molar refractivity (Wildman–Crippen MR) is 119 cm³/mol. The normalized spacial score (nSPS) is 13.3. The highest BCUT2D eigenvalue weighted by atomic mass is 32.1. The van der Waals surface area contributed by atoms with E-state index in [2.05, 4.69) is 10.6 Å². The van der Waals surface area contributed by atoms with Crippen LogP contribution in [0, 0.1) is 5.92 Å². The number of benzene rings is 1. The van der Waals surface area contributed by atoms with Crippen LogP contribution in [-0.2, 0) is 22.4 Å². The average Bonchev–Trinajstić information content (AvgIpc) is 3.27. The Labute approximate surface area is 184 Å². The summed E-state index contributed by atoms with van der Waals surface area (Å²) in [6.07, 6.45) is 2.59. The van der Waals surface area contributed by atoms with Crippen LogP contribution in [0.4, 0.5) is 10.7 Å². The molecule has 1 atom stereocenters. The van der Waals surface area contributed by atoms with Crippen molar-refractivity contribution >= 4 is 39.8 Å². The number of amides is 2. The number of carbonyl (C=O) groups is 3. The quantitative estimate of drug-likeness (QED) is 0.538. The molecule has 0 saturated carbocycles. The third-order valence-electron chi connectivity index (χ3n) is 5.11. The van der Waals surface area contributed by atoms with Gasteiger partial charge in [-0.1, -0.05) is 6.92 Å². The van der Waals surface area contributed by atoms with Crippen LogP contribution in [-0.4, -0.2) is 37.1 Å². The highest BCUT2D eigenvalue weighted by molar-refractivity contribution is 7.17. The van der Waals surface area contributed by atoms with Gasteiger partial charge in [0.25, 0.3) is 5.91 Å². The summed E-state index contributed by atoms with van der Waals surface area (Å²) in [6.45, 7) is 1.71. The molecule has 2 amide bonds. The molecule has 3 rings (SSSR count). The highest BCUT2D eigenvalue weighted by Gasteiger charge is 2.28. The smallest absolute Gasteiger partial charge is 0.303 e. The third kappa shape index (κ3) is 5.35. The molecule has 31 heavy (non-hydrogen) atoms. The van der Waals surface area contributed by atoms with Gasteiger partial charge >= 0.3 is 5.97 Å². The fourth-order valence-electron chi connectivity index (χ4n) is 3.69. The van der Waals surface area contributed by atoms with Crippen molar-refractivity contribution in [3.63, 3.8) is 0 Å². The summed E-state index contributed by atoms with van der Waals surface area (Å²) in [4.78, 5) is 37.7. The first kappa shape index (κ1) is 22.6. The molecule has 9 heteroatoms. The molecular weight excluding hydrogens is 420 g/mol. The number of thiophene rings is 1. The van der Waals surface area contributed by atoms with Crippen molar-refractivity contribution in [3.05, 3.63) is 34.2 Å². The number of methoxy groups -OCH3 is 2. The van der Waals surface area contributed by atoms with Crippen LogP contribution >= 0.6 is 11.3 Å². The summed E-state index contributed by atoms with van der Waals surface area (Å²) < 4.78 is 10.6. The fourth-order valence-corrected chi connectivity index (χ4v) is 5.00. The van der Waals surface area contributed by atoms with Gasteiger partial charge in [0.2, 0.25) is 5.91 Å². The van der Waals surface area contributed by atoms with Crippen LogP contribution in [0.2, 0.25) is 0 Å². The molecule has 0 radical (unpaired) electrons. The molecule has 0 saturated heterocycles. The van der Waals surface area contributed by atoms with E-state index in [1.807, 2.05) is 0 Å². The largest absolute Gasteiger partial charge is 0.497 e. The number of ether oxygens (including phenoxy) is 2. The van der Waals surface area contributed by atoms with Crippen LogP contribution in [0.15, 0.2) is 18.2 Å². The number of nitrogens with one attached hydrogen (secondary N) is 2. The molecule has 0 fully saturated rings. The van der Waals surface area contributed by atoms with Gasteiger partial charge in [0, 0.05) is 23.8 Å². The molecule has 0 aliphatic heterocycles. The lowest BCUT2D eigenvalue weighted by Gasteiger charge is -2.14. The monoisotopic (exact) mass is 446 g/mol. The summed E-state index contributed by atoms with van der Waals surface area (Å²) in [5, 5.41) is 15.1. The number of carboxylic acids is 1. The van der Waals surface area contributed by atoms with Crippen molar-refractivity contribution < 1.29 is 29.0 Å². The second kappa shape index (κ2) is 9.82. The van der Waals surface area contributed by atoms with Crippen LogP contribution < -0.4 is 20.1 Å². The lowest BCUT2D eigenvalue weighted by molar-refractivity contribution is -0.138. The van der Waals surface area contributed by atoms with Gasteiger partial charge in [-0.15, -0.1) is 11.3 Å². The van der Waals surface area contributed by atoms with Gasteiger partial charge in [0.05, 0.1) is 25.5 Å². The second-order valence-electron chi connectivity index (χ2n) is 7.54. The molecule has 8 nitrogen and oxygen atoms in total. The van der Waals surface area contributed by atoms with E-state index in [0.717, 1.165) is 29.7 Å². The van der Waals surface area contributed by atoms with E-state index in [-0.39, 0.29) is 30.6 Å². The minimum atomic E-state index is -0.942. The van der Waals surface area contributed by atoms with Crippen molar-refractivity contribution in [1.82, 2.24) is 0 Å². The SMILES string of the molecule is COc1ccc(OC)c(NC(=O)c2c(NC(=O)C[C@@H](C)CC(=O)O)sc3c2CCC3)c1. The summed E-state index contributed by atoms with van der Waals surface area (Å²) in [5.41, 5.74) is 1.89. The molecule has 1 aliphatic carbocycles.